The van der Waals surface area contributed by atoms with E-state index in [2.05, 4.69) is 20.8 Å². The van der Waals surface area contributed by atoms with Crippen LogP contribution >= 0.6 is 34.8 Å². The number of aryl methyl sites for hydroxylation is 2. The number of carbonyl (C=O) groups excluding carboxylic acids is 1. The maximum Gasteiger partial charge on any atom is 0.417 e. The first kappa shape index (κ1) is 31.4. The van der Waals surface area contributed by atoms with Crippen molar-refractivity contribution < 1.29 is 35.5 Å². The fraction of sp³-hybridized carbons (Fsp3) is 0.240. The largest absolute Gasteiger partial charge is 0.417 e. The fourth-order valence-electron chi connectivity index (χ4n) is 3.58. The molecule has 0 spiro atoms. The minimum Gasteiger partial charge on any atom is -0.281 e. The number of benzene rings is 2. The maximum atomic E-state index is 15.0. The summed E-state index contributed by atoms with van der Waals surface area (Å²) in [6, 6.07) is 3.27. The van der Waals surface area contributed by atoms with E-state index in [9.17, 15) is 31.1 Å². The summed E-state index contributed by atoms with van der Waals surface area (Å²) in [6.45, 7) is 4.86. The molecular formula is C25H18Cl3F7N4O. The van der Waals surface area contributed by atoms with Crippen LogP contribution in [0.15, 0.2) is 36.4 Å². The Morgan fingerprint density at radius 1 is 0.950 bits per heavy atom. The lowest BCUT2D eigenvalue weighted by Crippen LogP contribution is -2.32. The second-order valence-electron chi connectivity index (χ2n) is 8.50. The summed E-state index contributed by atoms with van der Waals surface area (Å²) < 4.78 is 98.0. The van der Waals surface area contributed by atoms with Crippen LogP contribution in [0.25, 0.3) is 5.83 Å². The summed E-state index contributed by atoms with van der Waals surface area (Å²) in [4.78, 5) is 20.8. The zero-order valence-electron chi connectivity index (χ0n) is 20.6. The van der Waals surface area contributed by atoms with Gasteiger partial charge in [-0.2, -0.15) is 26.3 Å². The Kier molecular flexibility index (Phi) is 9.27. The van der Waals surface area contributed by atoms with Crippen molar-refractivity contribution >= 4 is 52.4 Å². The average Bonchev–Trinajstić information content (AvgIpc) is 2.84. The van der Waals surface area contributed by atoms with Crippen LogP contribution in [0, 0.1) is 20.8 Å². The highest BCUT2D eigenvalue weighted by atomic mass is 35.5. The molecule has 0 aliphatic carbocycles. The van der Waals surface area contributed by atoms with Crippen LogP contribution < -0.4 is 10.9 Å². The number of hydrogen-bond donors (Lipinski definition) is 2. The van der Waals surface area contributed by atoms with E-state index >= 15 is 4.39 Å². The quantitative estimate of drug-likeness (QED) is 0.163. The van der Waals surface area contributed by atoms with Gasteiger partial charge in [0.15, 0.2) is 5.82 Å². The van der Waals surface area contributed by atoms with E-state index in [0.717, 1.165) is 18.2 Å². The van der Waals surface area contributed by atoms with E-state index in [1.165, 1.54) is 0 Å². The van der Waals surface area contributed by atoms with Gasteiger partial charge < -0.3 is 0 Å². The molecule has 40 heavy (non-hydrogen) atoms. The van der Waals surface area contributed by atoms with Crippen LogP contribution in [-0.2, 0) is 6.18 Å². The van der Waals surface area contributed by atoms with Crippen LogP contribution in [0.4, 0.5) is 36.6 Å². The van der Waals surface area contributed by atoms with Crippen molar-refractivity contribution in [3.63, 3.8) is 0 Å². The van der Waals surface area contributed by atoms with E-state index in [0.29, 0.717) is 23.1 Å². The summed E-state index contributed by atoms with van der Waals surface area (Å²) in [5.74, 6) is -5.05. The molecule has 1 unspecified atom stereocenters. The van der Waals surface area contributed by atoms with Crippen LogP contribution in [0.1, 0.15) is 50.0 Å². The molecule has 15 heteroatoms. The van der Waals surface area contributed by atoms with Gasteiger partial charge in [-0.3, -0.25) is 15.6 Å². The third-order valence-electron chi connectivity index (χ3n) is 5.67. The van der Waals surface area contributed by atoms with Gasteiger partial charge in [-0.15, -0.1) is 0 Å². The number of alkyl halides is 6. The minimum absolute atomic E-state index is 0.0786. The molecule has 2 aromatic carbocycles. The number of hydrogen-bond acceptors (Lipinski definition) is 4. The molecule has 0 aliphatic heterocycles. The van der Waals surface area contributed by atoms with Crippen molar-refractivity contribution in [1.82, 2.24) is 15.4 Å². The summed E-state index contributed by atoms with van der Waals surface area (Å²) in [5.41, 5.74) is 1.65. The molecule has 0 saturated heterocycles. The Balaban J connectivity index is 1.99. The molecule has 3 aromatic rings. The molecule has 0 fully saturated rings. The normalized spacial score (nSPS) is 13.3. The topological polar surface area (TPSA) is 66.9 Å². The standard InChI is InChI=1S/C25H18Cl3F7N4O/c1-10-11(2)36-12(3)37-22(10)38-39-23(40)15-5-4-13(6-17(15)25(33,34)35)20(29)9-16(24(30,31)32)14-7-18(26)21(28)19(27)8-14/h4-9,16H,1-3H3,(H,39,40)(H,36,37,38). The Labute approximate surface area is 238 Å². The Morgan fingerprint density at radius 3 is 2.10 bits per heavy atom. The molecule has 3 rings (SSSR count). The summed E-state index contributed by atoms with van der Waals surface area (Å²) >= 11 is 17.4. The van der Waals surface area contributed by atoms with Crippen LogP contribution in [-0.4, -0.2) is 22.1 Å². The van der Waals surface area contributed by atoms with Gasteiger partial charge in [-0.05, 0) is 56.7 Å². The Bertz CT molecular complexity index is 1470. The van der Waals surface area contributed by atoms with Crippen molar-refractivity contribution in [3.8, 4) is 0 Å². The van der Waals surface area contributed by atoms with E-state index < -0.39 is 52.3 Å². The SMILES string of the molecule is Cc1nc(C)c(C)c(NNC(=O)c2ccc(C(F)=CC(c3cc(Cl)c(Cl)c(Cl)c3)C(F)(F)F)cc2C(F)(F)F)n1. The molecule has 0 radical (unpaired) electrons. The maximum absolute atomic E-state index is 15.0. The monoisotopic (exact) mass is 628 g/mol. The van der Waals surface area contributed by atoms with E-state index in [4.69, 9.17) is 34.8 Å². The number of carbonyl (C=O) groups is 1. The fourth-order valence-corrected chi connectivity index (χ4v) is 4.19. The number of anilines is 1. The smallest absolute Gasteiger partial charge is 0.281 e. The Morgan fingerprint density at radius 2 is 1.55 bits per heavy atom. The van der Waals surface area contributed by atoms with Gasteiger partial charge in [-0.25, -0.2) is 14.4 Å². The predicted molar refractivity (Wildman–Crippen MR) is 138 cm³/mol. The van der Waals surface area contributed by atoms with Gasteiger partial charge >= 0.3 is 12.4 Å². The minimum atomic E-state index is -5.17. The number of allylic oxidation sites excluding steroid dienone is 1. The second kappa shape index (κ2) is 11.8. The Hall–Kier alpha value is -3.09. The first-order chi connectivity index (χ1) is 18.4. The summed E-state index contributed by atoms with van der Waals surface area (Å²) in [6.07, 6.45) is -10.2. The molecule has 0 saturated carbocycles. The van der Waals surface area contributed by atoms with Gasteiger partial charge in [0, 0.05) is 16.8 Å². The number of hydrazine groups is 1. The lowest BCUT2D eigenvalue weighted by atomic mass is 9.95. The van der Waals surface area contributed by atoms with Crippen molar-refractivity contribution in [2.75, 3.05) is 5.43 Å². The van der Waals surface area contributed by atoms with Crippen LogP contribution in [0.3, 0.4) is 0 Å². The van der Waals surface area contributed by atoms with Gasteiger partial charge in [0.05, 0.1) is 26.2 Å². The second-order valence-corrected chi connectivity index (χ2v) is 9.69. The first-order valence-electron chi connectivity index (χ1n) is 11.1. The third kappa shape index (κ3) is 7.15. The molecule has 1 heterocycles. The highest BCUT2D eigenvalue weighted by Gasteiger charge is 2.41. The lowest BCUT2D eigenvalue weighted by Gasteiger charge is -2.19. The molecule has 1 amide bonds. The number of halogens is 10. The van der Waals surface area contributed by atoms with Crippen LogP contribution in [0.2, 0.25) is 15.1 Å². The van der Waals surface area contributed by atoms with E-state index in [1.54, 1.807) is 20.8 Å². The first-order valence-corrected chi connectivity index (χ1v) is 12.2. The number of nitrogens with zero attached hydrogens (tertiary/aromatic N) is 2. The van der Waals surface area contributed by atoms with Crippen molar-refractivity contribution in [2.24, 2.45) is 0 Å². The van der Waals surface area contributed by atoms with Crippen LogP contribution in [0.5, 0.6) is 0 Å². The van der Waals surface area contributed by atoms with Crippen molar-refractivity contribution in [1.29, 1.82) is 0 Å². The van der Waals surface area contributed by atoms with E-state index in [-0.39, 0.29) is 33.0 Å². The molecule has 214 valence electrons. The van der Waals surface area contributed by atoms with Gasteiger partial charge in [0.2, 0.25) is 0 Å². The molecule has 0 aliphatic rings. The van der Waals surface area contributed by atoms with E-state index in [1.807, 2.05) is 0 Å². The molecular weight excluding hydrogens is 612 g/mol. The highest BCUT2D eigenvalue weighted by molar-refractivity contribution is 6.48. The molecule has 0 bridgehead atoms. The summed E-state index contributed by atoms with van der Waals surface area (Å²) in [7, 11) is 0. The number of amides is 1. The van der Waals surface area contributed by atoms with Gasteiger partial charge in [0.1, 0.15) is 17.6 Å². The van der Waals surface area contributed by atoms with Crippen molar-refractivity contribution in [3.05, 3.63) is 90.8 Å². The lowest BCUT2D eigenvalue weighted by molar-refractivity contribution is -0.140. The predicted octanol–water partition coefficient (Wildman–Crippen LogP) is 8.79. The number of nitrogens with one attached hydrogen (secondary N) is 2. The number of rotatable bonds is 6. The molecule has 1 atom stereocenters. The average molecular weight is 630 g/mol. The van der Waals surface area contributed by atoms with Gasteiger partial charge in [-0.1, -0.05) is 40.9 Å². The van der Waals surface area contributed by atoms with Crippen molar-refractivity contribution in [2.45, 2.75) is 39.0 Å². The molecule has 5 nitrogen and oxygen atoms in total. The van der Waals surface area contributed by atoms with Gasteiger partial charge in [0.25, 0.3) is 5.91 Å². The third-order valence-corrected chi connectivity index (χ3v) is 6.87. The zero-order chi connectivity index (χ0) is 30.2. The molecule has 1 aromatic heterocycles. The molecule has 2 N–H and O–H groups in total. The number of aromatic nitrogens is 2. The zero-order valence-corrected chi connectivity index (χ0v) is 22.9. The highest BCUT2D eigenvalue weighted by Crippen LogP contribution is 2.42. The summed E-state index contributed by atoms with van der Waals surface area (Å²) in [5, 5.41) is -0.896.